The molecular weight excluding hydrogens is 202 g/mol. The first-order valence-electron chi connectivity index (χ1n) is 5.49. The van der Waals surface area contributed by atoms with E-state index in [2.05, 4.69) is 42.0 Å². The summed E-state index contributed by atoms with van der Waals surface area (Å²) in [6, 6.07) is 10.4. The van der Waals surface area contributed by atoms with Crippen LogP contribution in [0.4, 0.5) is 5.69 Å². The number of benzene rings is 1. The zero-order chi connectivity index (χ0) is 10.5. The first-order chi connectivity index (χ1) is 7.36. The summed E-state index contributed by atoms with van der Waals surface area (Å²) in [6.45, 7) is 2.24. The molecule has 80 valence electrons. The number of hydrogen-bond donors (Lipinski definition) is 1. The number of allylic oxidation sites excluding steroid dienone is 1. The van der Waals surface area contributed by atoms with Gasteiger partial charge in [0.1, 0.15) is 0 Å². The normalized spacial score (nSPS) is 20.9. The van der Waals surface area contributed by atoms with Gasteiger partial charge in [-0.2, -0.15) is 0 Å². The Labute approximate surface area is 96.1 Å². The van der Waals surface area contributed by atoms with Crippen LogP contribution in [0.3, 0.4) is 0 Å². The van der Waals surface area contributed by atoms with Gasteiger partial charge in [-0.3, -0.25) is 0 Å². The van der Waals surface area contributed by atoms with E-state index in [1.54, 1.807) is 0 Å². The monoisotopic (exact) mass is 219 g/mol. The van der Waals surface area contributed by atoms with Gasteiger partial charge in [-0.05, 0) is 50.3 Å². The second-order valence-corrected chi connectivity index (χ2v) is 4.96. The van der Waals surface area contributed by atoms with Crippen molar-refractivity contribution in [2.45, 2.75) is 31.4 Å². The molecule has 1 aromatic rings. The molecule has 0 bridgehead atoms. The Kier molecular flexibility index (Phi) is 3.73. The average Bonchev–Trinajstić information content (AvgIpc) is 2.29. The summed E-state index contributed by atoms with van der Waals surface area (Å²) in [6.07, 6.45) is 6.25. The third-order valence-corrected chi connectivity index (χ3v) is 3.98. The third kappa shape index (κ3) is 3.03. The summed E-state index contributed by atoms with van der Waals surface area (Å²) in [5, 5.41) is 0.652. The fourth-order valence-corrected chi connectivity index (χ4v) is 2.77. The molecule has 0 aromatic heterocycles. The molecule has 0 saturated heterocycles. The fraction of sp³-hybridized carbons (Fsp3) is 0.385. The van der Waals surface area contributed by atoms with E-state index in [9.17, 15) is 0 Å². The lowest BCUT2D eigenvalue weighted by Gasteiger charge is -2.21. The van der Waals surface area contributed by atoms with Crippen molar-refractivity contribution in [3.8, 4) is 0 Å². The van der Waals surface area contributed by atoms with Gasteiger partial charge in [0.2, 0.25) is 0 Å². The highest BCUT2D eigenvalue weighted by atomic mass is 32.2. The van der Waals surface area contributed by atoms with E-state index in [-0.39, 0.29) is 0 Å². The molecule has 1 nitrogen and oxygen atoms in total. The molecule has 1 aliphatic carbocycles. The van der Waals surface area contributed by atoms with E-state index < -0.39 is 0 Å². The lowest BCUT2D eigenvalue weighted by atomic mass is 10.0. The molecule has 0 saturated carbocycles. The molecule has 1 aliphatic rings. The zero-order valence-electron chi connectivity index (χ0n) is 9.07. The second-order valence-electron chi connectivity index (χ2n) is 3.95. The van der Waals surface area contributed by atoms with Gasteiger partial charge in [0.15, 0.2) is 0 Å². The Morgan fingerprint density at radius 2 is 2.07 bits per heavy atom. The van der Waals surface area contributed by atoms with E-state index in [4.69, 9.17) is 0 Å². The van der Waals surface area contributed by atoms with Crippen molar-refractivity contribution < 1.29 is 0 Å². The molecule has 0 radical (unpaired) electrons. The molecular formula is C13H17NS. The van der Waals surface area contributed by atoms with Crippen LogP contribution in [0.25, 0.3) is 0 Å². The Morgan fingerprint density at radius 1 is 1.27 bits per heavy atom. The van der Waals surface area contributed by atoms with Crippen LogP contribution in [0.5, 0.6) is 0 Å². The van der Waals surface area contributed by atoms with Crippen LogP contribution in [0.1, 0.15) is 26.2 Å². The van der Waals surface area contributed by atoms with Gasteiger partial charge in [-0.25, -0.2) is 0 Å². The van der Waals surface area contributed by atoms with E-state index in [0.717, 1.165) is 0 Å². The van der Waals surface area contributed by atoms with Gasteiger partial charge in [0.05, 0.1) is 0 Å². The van der Waals surface area contributed by atoms with Crippen LogP contribution in [-0.2, 0) is 0 Å². The maximum absolute atomic E-state index is 3.42. The van der Waals surface area contributed by atoms with Crippen molar-refractivity contribution in [2.75, 3.05) is 4.72 Å². The summed E-state index contributed by atoms with van der Waals surface area (Å²) in [5.74, 6) is 0. The highest BCUT2D eigenvalue weighted by Gasteiger charge is 2.14. The van der Waals surface area contributed by atoms with Gasteiger partial charge in [0, 0.05) is 10.9 Å². The predicted molar refractivity (Wildman–Crippen MR) is 69.1 cm³/mol. The first-order valence-corrected chi connectivity index (χ1v) is 6.37. The van der Waals surface area contributed by atoms with Crippen molar-refractivity contribution in [3.05, 3.63) is 42.0 Å². The molecule has 0 amide bonds. The highest BCUT2D eigenvalue weighted by Crippen LogP contribution is 2.29. The van der Waals surface area contributed by atoms with Crippen LogP contribution in [0.2, 0.25) is 0 Å². The molecule has 0 aliphatic heterocycles. The van der Waals surface area contributed by atoms with Crippen LogP contribution in [0.15, 0.2) is 42.0 Å². The molecule has 1 aromatic carbocycles. The molecule has 2 rings (SSSR count). The number of rotatable bonds is 3. The Morgan fingerprint density at radius 3 is 2.80 bits per heavy atom. The number of para-hydroxylation sites is 1. The summed E-state index contributed by atoms with van der Waals surface area (Å²) >= 11 is 1.84. The number of anilines is 1. The third-order valence-electron chi connectivity index (χ3n) is 2.74. The second kappa shape index (κ2) is 5.26. The molecule has 0 unspecified atom stereocenters. The molecule has 0 spiro atoms. The summed E-state index contributed by atoms with van der Waals surface area (Å²) in [4.78, 5) is 0. The van der Waals surface area contributed by atoms with Gasteiger partial charge in [-0.1, -0.05) is 29.8 Å². The zero-order valence-corrected chi connectivity index (χ0v) is 9.89. The minimum absolute atomic E-state index is 0.652. The van der Waals surface area contributed by atoms with Gasteiger partial charge in [0.25, 0.3) is 0 Å². The van der Waals surface area contributed by atoms with E-state index >= 15 is 0 Å². The minimum Gasteiger partial charge on any atom is -0.329 e. The predicted octanol–water partition coefficient (Wildman–Crippen LogP) is 4.25. The van der Waals surface area contributed by atoms with Crippen molar-refractivity contribution in [3.63, 3.8) is 0 Å². The lowest BCUT2D eigenvalue weighted by Crippen LogP contribution is -2.10. The van der Waals surface area contributed by atoms with Gasteiger partial charge < -0.3 is 4.72 Å². The maximum atomic E-state index is 3.42. The molecule has 0 fully saturated rings. The first kappa shape index (κ1) is 10.6. The molecule has 0 heterocycles. The largest absolute Gasteiger partial charge is 0.329 e. The summed E-state index contributed by atoms with van der Waals surface area (Å²) < 4.78 is 3.42. The molecule has 1 N–H and O–H groups in total. The van der Waals surface area contributed by atoms with Gasteiger partial charge >= 0.3 is 0 Å². The van der Waals surface area contributed by atoms with Crippen molar-refractivity contribution in [1.82, 2.24) is 0 Å². The number of hydrogen-bond acceptors (Lipinski definition) is 2. The average molecular weight is 219 g/mol. The molecule has 2 heteroatoms. The van der Waals surface area contributed by atoms with Crippen LogP contribution in [-0.4, -0.2) is 5.25 Å². The Balaban J connectivity index is 1.88. The number of nitrogens with one attached hydrogen (secondary N) is 1. The van der Waals surface area contributed by atoms with E-state index in [1.165, 1.54) is 30.5 Å². The van der Waals surface area contributed by atoms with E-state index in [1.807, 2.05) is 18.0 Å². The minimum atomic E-state index is 0.652. The highest BCUT2D eigenvalue weighted by molar-refractivity contribution is 8.01. The standard InChI is InChI=1S/C13H17NS/c1-11-7-5-6-10-13(11)15-14-12-8-3-2-4-9-12/h2-4,7-9,13-14H,5-6,10H2,1H3/t13-/m1/s1. The topological polar surface area (TPSA) is 12.0 Å². The van der Waals surface area contributed by atoms with Crippen molar-refractivity contribution in [2.24, 2.45) is 0 Å². The molecule has 15 heavy (non-hydrogen) atoms. The summed E-state index contributed by atoms with van der Waals surface area (Å²) in [7, 11) is 0. The summed E-state index contributed by atoms with van der Waals surface area (Å²) in [5.41, 5.74) is 2.72. The Bertz CT molecular complexity index is 332. The Hall–Kier alpha value is -0.890. The van der Waals surface area contributed by atoms with Crippen LogP contribution >= 0.6 is 11.9 Å². The van der Waals surface area contributed by atoms with Crippen LogP contribution < -0.4 is 4.72 Å². The van der Waals surface area contributed by atoms with Gasteiger partial charge in [-0.15, -0.1) is 0 Å². The van der Waals surface area contributed by atoms with Crippen molar-refractivity contribution in [1.29, 1.82) is 0 Å². The van der Waals surface area contributed by atoms with Crippen LogP contribution in [0, 0.1) is 0 Å². The molecule has 1 atom stereocenters. The fourth-order valence-electron chi connectivity index (χ4n) is 1.79. The lowest BCUT2D eigenvalue weighted by molar-refractivity contribution is 0.714. The quantitative estimate of drug-likeness (QED) is 0.602. The maximum Gasteiger partial charge on any atom is 0.0452 e. The van der Waals surface area contributed by atoms with Crippen molar-refractivity contribution >= 4 is 17.6 Å². The SMILES string of the molecule is CC1=CCCC[C@H]1SNc1ccccc1. The smallest absolute Gasteiger partial charge is 0.0452 e. The van der Waals surface area contributed by atoms with E-state index in [0.29, 0.717) is 5.25 Å².